The summed E-state index contributed by atoms with van der Waals surface area (Å²) in [6, 6.07) is 7.49. The summed E-state index contributed by atoms with van der Waals surface area (Å²) < 4.78 is 37.1. The molecule has 19 heavy (non-hydrogen) atoms. The number of hydrogen-bond donors (Lipinski definition) is 1. The highest BCUT2D eigenvalue weighted by molar-refractivity contribution is 5.40. The average Bonchev–Trinajstić information content (AvgIpc) is 2.27. The first-order valence-electron chi connectivity index (χ1n) is 6.54. The molecule has 0 unspecified atom stereocenters. The van der Waals surface area contributed by atoms with Crippen LogP contribution in [-0.4, -0.2) is 30.7 Å². The van der Waals surface area contributed by atoms with Crippen LogP contribution in [-0.2, 0) is 6.42 Å². The molecule has 2 N–H and O–H groups in total. The summed E-state index contributed by atoms with van der Waals surface area (Å²) in [4.78, 5) is 1.46. The van der Waals surface area contributed by atoms with Gasteiger partial charge in [-0.15, -0.1) is 0 Å². The van der Waals surface area contributed by atoms with Crippen molar-refractivity contribution in [3.05, 3.63) is 29.8 Å². The van der Waals surface area contributed by atoms with Crippen molar-refractivity contribution < 1.29 is 13.2 Å². The maximum absolute atomic E-state index is 12.4. The van der Waals surface area contributed by atoms with Crippen molar-refractivity contribution in [3.63, 3.8) is 0 Å². The van der Waals surface area contributed by atoms with Gasteiger partial charge in [0.1, 0.15) is 0 Å². The second-order valence-corrected chi connectivity index (χ2v) is 4.74. The van der Waals surface area contributed by atoms with E-state index in [0.29, 0.717) is 25.2 Å². The number of nitrogens with zero attached hydrogens (tertiary/aromatic N) is 1. The third-order valence-electron chi connectivity index (χ3n) is 2.83. The van der Waals surface area contributed by atoms with E-state index in [1.54, 1.807) is 6.07 Å². The molecule has 0 saturated heterocycles. The molecule has 0 saturated carbocycles. The lowest BCUT2D eigenvalue weighted by Gasteiger charge is -2.22. The topological polar surface area (TPSA) is 29.3 Å². The van der Waals surface area contributed by atoms with E-state index in [9.17, 15) is 13.2 Å². The van der Waals surface area contributed by atoms with Gasteiger partial charge in [-0.3, -0.25) is 4.90 Å². The minimum absolute atomic E-state index is 0.460. The van der Waals surface area contributed by atoms with Crippen LogP contribution in [0.25, 0.3) is 0 Å². The Morgan fingerprint density at radius 3 is 2.53 bits per heavy atom. The van der Waals surface area contributed by atoms with Crippen LogP contribution in [0.15, 0.2) is 24.3 Å². The van der Waals surface area contributed by atoms with Crippen molar-refractivity contribution in [2.24, 2.45) is 0 Å². The van der Waals surface area contributed by atoms with Crippen molar-refractivity contribution in [2.75, 3.05) is 25.4 Å². The molecular formula is C14H21F3N2. The summed E-state index contributed by atoms with van der Waals surface area (Å²) >= 11 is 0. The Morgan fingerprint density at radius 1 is 1.21 bits per heavy atom. The zero-order valence-corrected chi connectivity index (χ0v) is 11.2. The molecule has 108 valence electrons. The predicted molar refractivity (Wildman–Crippen MR) is 72.0 cm³/mol. The molecule has 0 aliphatic heterocycles. The summed E-state index contributed by atoms with van der Waals surface area (Å²) in [6.07, 6.45) is -1.93. The summed E-state index contributed by atoms with van der Waals surface area (Å²) in [7, 11) is 0. The number of alkyl halides is 3. The van der Waals surface area contributed by atoms with E-state index in [-0.39, 0.29) is 0 Å². The van der Waals surface area contributed by atoms with E-state index in [0.717, 1.165) is 18.4 Å². The monoisotopic (exact) mass is 274 g/mol. The van der Waals surface area contributed by atoms with Crippen LogP contribution in [0.5, 0.6) is 0 Å². The predicted octanol–water partition coefficient (Wildman–Crippen LogP) is 3.48. The summed E-state index contributed by atoms with van der Waals surface area (Å²) in [6.45, 7) is 2.01. The molecule has 0 atom stereocenters. The number of nitrogen functional groups attached to an aromatic ring is 1. The minimum Gasteiger partial charge on any atom is -0.399 e. The lowest BCUT2D eigenvalue weighted by Crippen LogP contribution is -2.35. The highest BCUT2D eigenvalue weighted by atomic mass is 19.4. The fourth-order valence-electron chi connectivity index (χ4n) is 2.10. The molecule has 1 rings (SSSR count). The molecule has 0 aliphatic rings. The van der Waals surface area contributed by atoms with Gasteiger partial charge in [-0.05, 0) is 50.0 Å². The van der Waals surface area contributed by atoms with E-state index in [2.05, 4.69) is 0 Å². The van der Waals surface area contributed by atoms with Gasteiger partial charge in [0.05, 0.1) is 6.54 Å². The molecule has 1 aromatic carbocycles. The smallest absolute Gasteiger partial charge is 0.399 e. The maximum Gasteiger partial charge on any atom is 0.401 e. The van der Waals surface area contributed by atoms with E-state index in [1.165, 1.54) is 4.90 Å². The largest absolute Gasteiger partial charge is 0.401 e. The normalized spacial score (nSPS) is 12.1. The van der Waals surface area contributed by atoms with Gasteiger partial charge < -0.3 is 5.73 Å². The lowest BCUT2D eigenvalue weighted by atomic mass is 10.1. The Balaban J connectivity index is 2.39. The summed E-state index contributed by atoms with van der Waals surface area (Å²) in [5.41, 5.74) is 7.43. The van der Waals surface area contributed by atoms with E-state index >= 15 is 0 Å². The second-order valence-electron chi connectivity index (χ2n) is 4.74. The Hall–Kier alpha value is -1.23. The molecular weight excluding hydrogens is 253 g/mol. The number of nitrogens with two attached hydrogens (primary N) is 1. The summed E-state index contributed by atoms with van der Waals surface area (Å²) in [5, 5.41) is 0. The molecule has 0 amide bonds. The van der Waals surface area contributed by atoms with Gasteiger partial charge >= 0.3 is 6.18 Å². The number of aryl methyl sites for hydroxylation is 1. The first-order valence-corrected chi connectivity index (χ1v) is 6.54. The lowest BCUT2D eigenvalue weighted by molar-refractivity contribution is -0.146. The molecule has 1 aromatic rings. The quantitative estimate of drug-likeness (QED) is 0.771. The molecule has 0 spiro atoms. The molecule has 0 aliphatic carbocycles. The van der Waals surface area contributed by atoms with Crippen LogP contribution < -0.4 is 5.73 Å². The van der Waals surface area contributed by atoms with Crippen LogP contribution in [0.4, 0.5) is 18.9 Å². The Labute approximate surface area is 112 Å². The maximum atomic E-state index is 12.4. The van der Waals surface area contributed by atoms with Gasteiger partial charge in [-0.25, -0.2) is 0 Å². The molecule has 0 aromatic heterocycles. The van der Waals surface area contributed by atoms with Crippen molar-refractivity contribution >= 4 is 5.69 Å². The van der Waals surface area contributed by atoms with Crippen molar-refractivity contribution in [3.8, 4) is 0 Å². The number of hydrogen-bond acceptors (Lipinski definition) is 2. The zero-order valence-electron chi connectivity index (χ0n) is 11.2. The molecule has 0 bridgehead atoms. The molecule has 2 nitrogen and oxygen atoms in total. The fraction of sp³-hybridized carbons (Fsp3) is 0.571. The van der Waals surface area contributed by atoms with Crippen molar-refractivity contribution in [2.45, 2.75) is 32.4 Å². The number of anilines is 1. The summed E-state index contributed by atoms with van der Waals surface area (Å²) in [5.74, 6) is 0. The van der Waals surface area contributed by atoms with Gasteiger partial charge in [0.15, 0.2) is 0 Å². The number of halogens is 3. The minimum atomic E-state index is -4.12. The van der Waals surface area contributed by atoms with Gasteiger partial charge in [0, 0.05) is 5.69 Å². The van der Waals surface area contributed by atoms with Crippen LogP contribution in [0.2, 0.25) is 0 Å². The number of rotatable bonds is 7. The van der Waals surface area contributed by atoms with Crippen LogP contribution in [0.3, 0.4) is 0 Å². The van der Waals surface area contributed by atoms with Crippen LogP contribution in [0, 0.1) is 0 Å². The van der Waals surface area contributed by atoms with Crippen molar-refractivity contribution in [1.82, 2.24) is 4.90 Å². The van der Waals surface area contributed by atoms with E-state index in [1.807, 2.05) is 25.1 Å². The molecule has 0 radical (unpaired) electrons. The van der Waals surface area contributed by atoms with Gasteiger partial charge in [-0.2, -0.15) is 13.2 Å². The first-order chi connectivity index (χ1) is 8.90. The van der Waals surface area contributed by atoms with Crippen LogP contribution >= 0.6 is 0 Å². The van der Waals surface area contributed by atoms with Crippen molar-refractivity contribution in [1.29, 1.82) is 0 Å². The van der Waals surface area contributed by atoms with Crippen LogP contribution in [0.1, 0.15) is 25.3 Å². The van der Waals surface area contributed by atoms with E-state index < -0.39 is 12.7 Å². The standard InChI is InChI=1S/C14H21F3N2/c1-2-8-19(11-14(15,16)17)9-4-6-12-5-3-7-13(18)10-12/h3,5,7,10H,2,4,6,8-9,11,18H2,1H3. The third kappa shape index (κ3) is 7.06. The van der Waals surface area contributed by atoms with Gasteiger partial charge in [-0.1, -0.05) is 19.1 Å². The highest BCUT2D eigenvalue weighted by Crippen LogP contribution is 2.17. The fourth-order valence-corrected chi connectivity index (χ4v) is 2.10. The van der Waals surface area contributed by atoms with Gasteiger partial charge in [0.2, 0.25) is 0 Å². The molecule has 5 heteroatoms. The zero-order chi connectivity index (χ0) is 14.3. The average molecular weight is 274 g/mol. The molecule has 0 fully saturated rings. The Kier molecular flexibility index (Phi) is 6.15. The molecule has 0 heterocycles. The second kappa shape index (κ2) is 7.38. The SMILES string of the molecule is CCCN(CCCc1cccc(N)c1)CC(F)(F)F. The Morgan fingerprint density at radius 2 is 1.95 bits per heavy atom. The Bertz CT molecular complexity index is 377. The number of benzene rings is 1. The third-order valence-corrected chi connectivity index (χ3v) is 2.83. The first kappa shape index (κ1) is 15.8. The van der Waals surface area contributed by atoms with Gasteiger partial charge in [0.25, 0.3) is 0 Å². The highest BCUT2D eigenvalue weighted by Gasteiger charge is 2.29. The van der Waals surface area contributed by atoms with E-state index in [4.69, 9.17) is 5.73 Å².